The van der Waals surface area contributed by atoms with Crippen molar-refractivity contribution in [2.24, 2.45) is 4.99 Å². The first kappa shape index (κ1) is 24.5. The molecule has 0 spiro atoms. The molecule has 1 amide bonds. The number of halogens is 1. The van der Waals surface area contributed by atoms with E-state index < -0.39 is 0 Å². The summed E-state index contributed by atoms with van der Waals surface area (Å²) in [5.74, 6) is 0.821. The highest BCUT2D eigenvalue weighted by atomic mass is 127. The smallest absolute Gasteiger partial charge is 0.243 e. The molecule has 0 aromatic carbocycles. The minimum absolute atomic E-state index is 0. The number of piperidine rings is 1. The molecule has 158 valence electrons. The molecule has 0 aromatic heterocycles. The number of carbonyl (C=O) groups excluding carboxylic acids is 1. The van der Waals surface area contributed by atoms with Crippen molar-refractivity contribution in [3.63, 3.8) is 0 Å². The largest absolute Gasteiger partial charge is 0.355 e. The highest BCUT2D eigenvalue weighted by Gasteiger charge is 2.28. The molecule has 1 aliphatic heterocycles. The van der Waals surface area contributed by atoms with Crippen LogP contribution in [-0.2, 0) is 4.79 Å². The first-order valence-electron chi connectivity index (χ1n) is 10.4. The van der Waals surface area contributed by atoms with Crippen LogP contribution in [0.2, 0.25) is 0 Å². The SMILES string of the molecule is CN(C)C(=O)CN=C(NCC(C)(C)N1CCCCC1)NC1CCCCC1.I. The molecule has 1 saturated heterocycles. The number of nitrogens with zero attached hydrogens (tertiary/aromatic N) is 3. The molecule has 27 heavy (non-hydrogen) atoms. The maximum Gasteiger partial charge on any atom is 0.243 e. The number of aliphatic imine (C=N–C) groups is 1. The third-order valence-corrected chi connectivity index (χ3v) is 5.72. The fourth-order valence-electron chi connectivity index (χ4n) is 3.79. The zero-order chi connectivity index (χ0) is 19.0. The quantitative estimate of drug-likeness (QED) is 0.340. The Labute approximate surface area is 182 Å². The number of likely N-dealkylation sites (N-methyl/N-ethyl adjacent to an activating group) is 1. The van der Waals surface area contributed by atoms with Crippen LogP contribution < -0.4 is 10.6 Å². The van der Waals surface area contributed by atoms with Gasteiger partial charge in [0.05, 0.1) is 0 Å². The van der Waals surface area contributed by atoms with Gasteiger partial charge in [0.25, 0.3) is 0 Å². The third kappa shape index (κ3) is 8.54. The van der Waals surface area contributed by atoms with E-state index in [2.05, 4.69) is 34.4 Å². The monoisotopic (exact) mass is 493 g/mol. The van der Waals surface area contributed by atoms with E-state index in [1.165, 1.54) is 64.5 Å². The summed E-state index contributed by atoms with van der Waals surface area (Å²) in [6.07, 6.45) is 10.2. The molecule has 0 bridgehead atoms. The molecule has 6 nitrogen and oxygen atoms in total. The van der Waals surface area contributed by atoms with Crippen molar-refractivity contribution in [1.82, 2.24) is 20.4 Å². The average molecular weight is 493 g/mol. The van der Waals surface area contributed by atoms with Crippen LogP contribution in [-0.4, -0.2) is 73.5 Å². The number of guanidine groups is 1. The van der Waals surface area contributed by atoms with Crippen molar-refractivity contribution in [2.45, 2.75) is 76.8 Å². The maximum atomic E-state index is 11.9. The normalized spacial score (nSPS) is 19.9. The molecular weight excluding hydrogens is 453 g/mol. The number of amides is 1. The van der Waals surface area contributed by atoms with E-state index in [-0.39, 0.29) is 42.0 Å². The van der Waals surface area contributed by atoms with E-state index in [9.17, 15) is 4.79 Å². The number of nitrogens with one attached hydrogen (secondary N) is 2. The Kier molecular flexibility index (Phi) is 11.0. The van der Waals surface area contributed by atoms with E-state index in [1.807, 2.05) is 0 Å². The second-order valence-corrected chi connectivity index (χ2v) is 8.65. The van der Waals surface area contributed by atoms with Gasteiger partial charge in [-0.3, -0.25) is 9.69 Å². The van der Waals surface area contributed by atoms with E-state index in [4.69, 9.17) is 0 Å². The molecule has 7 heteroatoms. The van der Waals surface area contributed by atoms with Gasteiger partial charge in [0.15, 0.2) is 5.96 Å². The lowest BCUT2D eigenvalue weighted by Crippen LogP contribution is -2.55. The Morgan fingerprint density at radius 1 is 1.07 bits per heavy atom. The van der Waals surface area contributed by atoms with Crippen LogP contribution >= 0.6 is 24.0 Å². The van der Waals surface area contributed by atoms with Gasteiger partial charge in [-0.25, -0.2) is 4.99 Å². The lowest BCUT2D eigenvalue weighted by molar-refractivity contribution is -0.127. The van der Waals surface area contributed by atoms with Crippen LogP contribution in [0.3, 0.4) is 0 Å². The summed E-state index contributed by atoms with van der Waals surface area (Å²) in [4.78, 5) is 20.7. The number of hydrogen-bond donors (Lipinski definition) is 2. The van der Waals surface area contributed by atoms with Gasteiger partial charge < -0.3 is 15.5 Å². The minimum Gasteiger partial charge on any atom is -0.355 e. The van der Waals surface area contributed by atoms with Gasteiger partial charge in [-0.15, -0.1) is 24.0 Å². The fraction of sp³-hybridized carbons (Fsp3) is 0.900. The van der Waals surface area contributed by atoms with E-state index >= 15 is 0 Å². The second-order valence-electron chi connectivity index (χ2n) is 8.65. The number of carbonyl (C=O) groups is 1. The van der Waals surface area contributed by atoms with E-state index in [0.29, 0.717) is 6.04 Å². The molecule has 1 heterocycles. The van der Waals surface area contributed by atoms with Crippen molar-refractivity contribution in [3.8, 4) is 0 Å². The van der Waals surface area contributed by atoms with Gasteiger partial charge >= 0.3 is 0 Å². The summed E-state index contributed by atoms with van der Waals surface area (Å²) in [6.45, 7) is 7.98. The van der Waals surface area contributed by atoms with Crippen molar-refractivity contribution in [1.29, 1.82) is 0 Å². The Morgan fingerprint density at radius 2 is 1.67 bits per heavy atom. The predicted octanol–water partition coefficient (Wildman–Crippen LogP) is 2.83. The zero-order valence-corrected chi connectivity index (χ0v) is 20.1. The van der Waals surface area contributed by atoms with Gasteiger partial charge in [-0.2, -0.15) is 0 Å². The molecule has 2 rings (SSSR count). The van der Waals surface area contributed by atoms with Crippen LogP contribution in [0.5, 0.6) is 0 Å². The molecule has 2 fully saturated rings. The van der Waals surface area contributed by atoms with Gasteiger partial charge in [-0.1, -0.05) is 25.7 Å². The molecular formula is C20H40IN5O. The zero-order valence-electron chi connectivity index (χ0n) is 17.7. The summed E-state index contributed by atoms with van der Waals surface area (Å²) >= 11 is 0. The predicted molar refractivity (Wildman–Crippen MR) is 124 cm³/mol. The molecule has 0 unspecified atom stereocenters. The summed E-state index contributed by atoms with van der Waals surface area (Å²) in [7, 11) is 3.55. The Balaban J connectivity index is 0.00000364. The summed E-state index contributed by atoms with van der Waals surface area (Å²) in [5.41, 5.74) is 0.0843. The van der Waals surface area contributed by atoms with Crippen molar-refractivity contribution in [3.05, 3.63) is 0 Å². The number of hydrogen-bond acceptors (Lipinski definition) is 3. The average Bonchev–Trinajstić information content (AvgIpc) is 2.65. The second kappa shape index (κ2) is 12.1. The molecule has 0 aromatic rings. The first-order chi connectivity index (χ1) is 12.4. The van der Waals surface area contributed by atoms with Crippen molar-refractivity contribution < 1.29 is 4.79 Å². The third-order valence-electron chi connectivity index (χ3n) is 5.72. The van der Waals surface area contributed by atoms with Crippen LogP contribution in [0.4, 0.5) is 0 Å². The molecule has 2 N–H and O–H groups in total. The highest BCUT2D eigenvalue weighted by molar-refractivity contribution is 14.0. The molecule has 0 radical (unpaired) electrons. The number of likely N-dealkylation sites (tertiary alicyclic amines) is 1. The van der Waals surface area contributed by atoms with Gasteiger partial charge in [0.2, 0.25) is 5.91 Å². The van der Waals surface area contributed by atoms with Crippen LogP contribution in [0, 0.1) is 0 Å². The van der Waals surface area contributed by atoms with E-state index in [1.54, 1.807) is 19.0 Å². The van der Waals surface area contributed by atoms with Gasteiger partial charge in [0.1, 0.15) is 6.54 Å². The summed E-state index contributed by atoms with van der Waals surface area (Å²) in [6, 6.07) is 0.475. The Bertz CT molecular complexity index is 469. The first-order valence-corrected chi connectivity index (χ1v) is 10.4. The fourth-order valence-corrected chi connectivity index (χ4v) is 3.79. The maximum absolute atomic E-state index is 11.9. The van der Waals surface area contributed by atoms with Crippen LogP contribution in [0.1, 0.15) is 65.2 Å². The Morgan fingerprint density at radius 3 is 2.26 bits per heavy atom. The topological polar surface area (TPSA) is 60.0 Å². The molecule has 1 saturated carbocycles. The minimum atomic E-state index is 0. The Hall–Kier alpha value is -0.570. The molecule has 2 aliphatic rings. The standard InChI is InChI=1S/C20H39N5O.HI/c1-20(2,25-13-9-6-10-14-25)16-22-19(21-15-18(26)24(3)4)23-17-11-7-5-8-12-17;/h17H,5-16H2,1-4H3,(H2,21,22,23);1H. The summed E-state index contributed by atoms with van der Waals surface area (Å²) in [5, 5.41) is 7.10. The van der Waals surface area contributed by atoms with Crippen LogP contribution in [0.15, 0.2) is 4.99 Å². The lowest BCUT2D eigenvalue weighted by Gasteiger charge is -2.41. The summed E-state index contributed by atoms with van der Waals surface area (Å²) < 4.78 is 0. The highest BCUT2D eigenvalue weighted by Crippen LogP contribution is 2.20. The van der Waals surface area contributed by atoms with Crippen molar-refractivity contribution >= 4 is 35.8 Å². The number of rotatable bonds is 6. The van der Waals surface area contributed by atoms with E-state index in [0.717, 1.165) is 12.5 Å². The van der Waals surface area contributed by atoms with Gasteiger partial charge in [-0.05, 0) is 52.6 Å². The molecule has 0 atom stereocenters. The van der Waals surface area contributed by atoms with Crippen molar-refractivity contribution in [2.75, 3.05) is 40.3 Å². The van der Waals surface area contributed by atoms with Crippen LogP contribution in [0.25, 0.3) is 0 Å². The molecule has 1 aliphatic carbocycles. The lowest BCUT2D eigenvalue weighted by atomic mass is 9.95. The van der Waals surface area contributed by atoms with Gasteiger partial charge in [0, 0.05) is 32.2 Å².